The molecule has 1 saturated heterocycles. The molecule has 0 spiro atoms. The molecule has 2 fully saturated rings. The van der Waals surface area contributed by atoms with Gasteiger partial charge in [0.15, 0.2) is 0 Å². The summed E-state index contributed by atoms with van der Waals surface area (Å²) < 4.78 is 5.56. The molecule has 0 aromatic heterocycles. The van der Waals surface area contributed by atoms with Gasteiger partial charge in [-0.1, -0.05) is 0 Å². The normalized spacial score (nSPS) is 30.7. The first-order valence-electron chi connectivity index (χ1n) is 7.86. The monoisotopic (exact) mass is 268 g/mol. The molecule has 1 aliphatic carbocycles. The lowest BCUT2D eigenvalue weighted by atomic mass is 9.79. The van der Waals surface area contributed by atoms with Crippen LogP contribution in [0, 0.1) is 5.92 Å². The molecule has 4 heteroatoms. The number of carbonyl (C=O) groups excluding carboxylic acids is 1. The van der Waals surface area contributed by atoms with E-state index in [9.17, 15) is 4.79 Å². The number of rotatable bonds is 6. The summed E-state index contributed by atoms with van der Waals surface area (Å²) in [5.74, 6) is 0.894. The Morgan fingerprint density at radius 2 is 2.16 bits per heavy atom. The minimum absolute atomic E-state index is 0.344. The zero-order chi connectivity index (χ0) is 13.7. The maximum absolute atomic E-state index is 12.4. The Labute approximate surface area is 116 Å². The van der Waals surface area contributed by atoms with Gasteiger partial charge in [-0.2, -0.15) is 0 Å². The summed E-state index contributed by atoms with van der Waals surface area (Å²) in [6, 6.07) is 0.411. The summed E-state index contributed by atoms with van der Waals surface area (Å²) in [6.07, 6.45) is 5.60. The van der Waals surface area contributed by atoms with Crippen molar-refractivity contribution in [2.24, 2.45) is 5.92 Å². The molecule has 1 atom stereocenters. The van der Waals surface area contributed by atoms with E-state index in [4.69, 9.17) is 4.74 Å². The van der Waals surface area contributed by atoms with Crippen LogP contribution in [0.1, 0.15) is 46.0 Å². The Kier molecular flexibility index (Phi) is 5.64. The van der Waals surface area contributed by atoms with E-state index >= 15 is 0 Å². The first kappa shape index (κ1) is 14.8. The maximum Gasteiger partial charge on any atom is 0.223 e. The van der Waals surface area contributed by atoms with Crippen LogP contribution >= 0.6 is 0 Å². The number of hydrogen-bond donors (Lipinski definition) is 1. The first-order valence-corrected chi connectivity index (χ1v) is 7.86. The van der Waals surface area contributed by atoms with E-state index in [0.29, 0.717) is 30.4 Å². The zero-order valence-corrected chi connectivity index (χ0v) is 12.4. The van der Waals surface area contributed by atoms with Gasteiger partial charge in [0.25, 0.3) is 0 Å². The number of piperidine rings is 1. The van der Waals surface area contributed by atoms with Gasteiger partial charge in [-0.05, 0) is 52.0 Å². The molecular weight excluding hydrogens is 240 g/mol. The van der Waals surface area contributed by atoms with Gasteiger partial charge in [-0.3, -0.25) is 4.79 Å². The lowest BCUT2D eigenvalue weighted by molar-refractivity contribution is -0.137. The van der Waals surface area contributed by atoms with Crippen molar-refractivity contribution in [1.29, 1.82) is 0 Å². The lowest BCUT2D eigenvalue weighted by Gasteiger charge is -2.38. The average molecular weight is 268 g/mol. The third-order valence-electron chi connectivity index (χ3n) is 4.43. The van der Waals surface area contributed by atoms with Crippen molar-refractivity contribution < 1.29 is 9.53 Å². The largest absolute Gasteiger partial charge is 0.378 e. The molecule has 1 N–H and O–H groups in total. The van der Waals surface area contributed by atoms with Crippen molar-refractivity contribution in [2.75, 3.05) is 26.2 Å². The molecule has 1 heterocycles. The fourth-order valence-electron chi connectivity index (χ4n) is 3.31. The molecule has 1 amide bonds. The van der Waals surface area contributed by atoms with Gasteiger partial charge in [-0.15, -0.1) is 0 Å². The van der Waals surface area contributed by atoms with Crippen LogP contribution in [-0.2, 0) is 9.53 Å². The van der Waals surface area contributed by atoms with Crippen molar-refractivity contribution >= 4 is 5.91 Å². The Morgan fingerprint density at radius 3 is 2.74 bits per heavy atom. The number of carbonyl (C=O) groups is 1. The summed E-state index contributed by atoms with van der Waals surface area (Å²) in [7, 11) is 0. The molecule has 0 radical (unpaired) electrons. The van der Waals surface area contributed by atoms with Gasteiger partial charge >= 0.3 is 0 Å². The van der Waals surface area contributed by atoms with E-state index in [-0.39, 0.29) is 0 Å². The van der Waals surface area contributed by atoms with Crippen LogP contribution in [0.2, 0.25) is 0 Å². The van der Waals surface area contributed by atoms with Crippen LogP contribution in [0.25, 0.3) is 0 Å². The van der Waals surface area contributed by atoms with Gasteiger partial charge in [0.05, 0.1) is 6.10 Å². The van der Waals surface area contributed by atoms with Crippen molar-refractivity contribution in [1.82, 2.24) is 10.2 Å². The quantitative estimate of drug-likeness (QED) is 0.798. The Morgan fingerprint density at radius 1 is 1.37 bits per heavy atom. The number of amides is 1. The van der Waals surface area contributed by atoms with Crippen molar-refractivity contribution in [2.45, 2.75) is 58.1 Å². The molecule has 0 aromatic carbocycles. The predicted molar refractivity (Wildman–Crippen MR) is 76.0 cm³/mol. The second kappa shape index (κ2) is 7.25. The fraction of sp³-hybridized carbons (Fsp3) is 0.933. The second-order valence-electron chi connectivity index (χ2n) is 5.80. The van der Waals surface area contributed by atoms with Crippen LogP contribution in [0.3, 0.4) is 0 Å². The molecule has 1 aliphatic heterocycles. The number of nitrogens with zero attached hydrogens (tertiary/aromatic N) is 1. The molecule has 0 aromatic rings. The first-order chi connectivity index (χ1) is 9.24. The van der Waals surface area contributed by atoms with E-state index in [1.54, 1.807) is 0 Å². The SMILES string of the molecule is CCOC1CC(CC(=O)N(CC)C2CCCNC2)C1. The smallest absolute Gasteiger partial charge is 0.223 e. The minimum Gasteiger partial charge on any atom is -0.378 e. The molecule has 0 bridgehead atoms. The van der Waals surface area contributed by atoms with E-state index in [1.807, 2.05) is 6.92 Å². The van der Waals surface area contributed by atoms with Gasteiger partial charge in [-0.25, -0.2) is 0 Å². The number of likely N-dealkylation sites (N-methyl/N-ethyl adjacent to an activating group) is 1. The molecule has 110 valence electrons. The zero-order valence-electron chi connectivity index (χ0n) is 12.4. The van der Waals surface area contributed by atoms with E-state index in [1.165, 1.54) is 6.42 Å². The highest BCUT2D eigenvalue weighted by molar-refractivity contribution is 5.77. The lowest BCUT2D eigenvalue weighted by Crippen LogP contribution is -2.49. The van der Waals surface area contributed by atoms with E-state index < -0.39 is 0 Å². The van der Waals surface area contributed by atoms with Crippen LogP contribution in [-0.4, -0.2) is 49.2 Å². The van der Waals surface area contributed by atoms with E-state index in [0.717, 1.165) is 45.5 Å². The highest BCUT2D eigenvalue weighted by Crippen LogP contribution is 2.33. The van der Waals surface area contributed by atoms with Gasteiger partial charge in [0, 0.05) is 32.2 Å². The third-order valence-corrected chi connectivity index (χ3v) is 4.43. The maximum atomic E-state index is 12.4. The van der Waals surface area contributed by atoms with Crippen LogP contribution < -0.4 is 5.32 Å². The summed E-state index contributed by atoms with van der Waals surface area (Å²) in [4.78, 5) is 14.5. The molecular formula is C15H28N2O2. The predicted octanol–water partition coefficient (Wildman–Crippen LogP) is 1.79. The molecule has 19 heavy (non-hydrogen) atoms. The summed E-state index contributed by atoms with van der Waals surface area (Å²) in [5.41, 5.74) is 0. The molecule has 1 unspecified atom stereocenters. The van der Waals surface area contributed by atoms with Gasteiger partial charge < -0.3 is 15.0 Å². The topological polar surface area (TPSA) is 41.6 Å². The number of nitrogens with one attached hydrogen (secondary N) is 1. The highest BCUT2D eigenvalue weighted by Gasteiger charge is 2.33. The van der Waals surface area contributed by atoms with E-state index in [2.05, 4.69) is 17.1 Å². The number of hydrogen-bond acceptors (Lipinski definition) is 3. The Balaban J connectivity index is 1.74. The standard InChI is InChI=1S/C15H28N2O2/c1-3-17(13-6-5-7-16-11-13)15(18)10-12-8-14(9-12)19-4-2/h12-14,16H,3-11H2,1-2H3. The van der Waals surface area contributed by atoms with Crippen molar-refractivity contribution in [3.05, 3.63) is 0 Å². The summed E-state index contributed by atoms with van der Waals surface area (Å²) in [5, 5.41) is 3.40. The van der Waals surface area contributed by atoms with Gasteiger partial charge in [0.1, 0.15) is 0 Å². The Bertz CT molecular complexity index is 284. The molecule has 2 rings (SSSR count). The average Bonchev–Trinajstić information content (AvgIpc) is 2.38. The summed E-state index contributed by atoms with van der Waals surface area (Å²) >= 11 is 0. The van der Waals surface area contributed by atoms with Crippen LogP contribution in [0.15, 0.2) is 0 Å². The molecule has 1 saturated carbocycles. The van der Waals surface area contributed by atoms with Gasteiger partial charge in [0.2, 0.25) is 5.91 Å². The minimum atomic E-state index is 0.344. The summed E-state index contributed by atoms with van der Waals surface area (Å²) in [6.45, 7) is 7.82. The Hall–Kier alpha value is -0.610. The van der Waals surface area contributed by atoms with Crippen molar-refractivity contribution in [3.8, 4) is 0 Å². The molecule has 2 aliphatic rings. The highest BCUT2D eigenvalue weighted by atomic mass is 16.5. The third kappa shape index (κ3) is 3.93. The van der Waals surface area contributed by atoms with Crippen molar-refractivity contribution in [3.63, 3.8) is 0 Å². The van der Waals surface area contributed by atoms with Crippen LogP contribution in [0.4, 0.5) is 0 Å². The van der Waals surface area contributed by atoms with Crippen LogP contribution in [0.5, 0.6) is 0 Å². The molecule has 4 nitrogen and oxygen atoms in total. The fourth-order valence-corrected chi connectivity index (χ4v) is 3.31. The second-order valence-corrected chi connectivity index (χ2v) is 5.80. The number of ether oxygens (including phenoxy) is 1.